The largest absolute Gasteiger partial charge is 0.507 e. The molecule has 0 fully saturated rings. The number of methoxy groups -OCH3 is 1. The Morgan fingerprint density at radius 1 is 1.10 bits per heavy atom. The fraction of sp³-hybridized carbons (Fsp3) is 0.0667. The zero-order valence-corrected chi connectivity index (χ0v) is 12.7. The summed E-state index contributed by atoms with van der Waals surface area (Å²) in [5.41, 5.74) is 1.48. The third-order valence-electron chi connectivity index (χ3n) is 2.97. The molecular weight excluding hydrogens is 336 g/mol. The Hall–Kier alpha value is -2.34. The second kappa shape index (κ2) is 5.57. The summed E-state index contributed by atoms with van der Waals surface area (Å²) in [4.78, 5) is 4.33. The highest BCUT2D eigenvalue weighted by Crippen LogP contribution is 2.30. The van der Waals surface area contributed by atoms with Gasteiger partial charge in [0, 0.05) is 11.1 Å². The minimum Gasteiger partial charge on any atom is -0.507 e. The molecule has 0 bridgehead atoms. The van der Waals surface area contributed by atoms with Gasteiger partial charge < -0.3 is 14.4 Å². The van der Waals surface area contributed by atoms with Crippen LogP contribution in [0.5, 0.6) is 11.5 Å². The summed E-state index contributed by atoms with van der Waals surface area (Å²) in [5, 5.41) is 13.6. The fourth-order valence-electron chi connectivity index (χ4n) is 1.84. The number of halogens is 1. The van der Waals surface area contributed by atoms with Crippen LogP contribution in [0.2, 0.25) is 0 Å². The van der Waals surface area contributed by atoms with E-state index in [0.717, 1.165) is 11.3 Å². The number of ether oxygens (including phenoxy) is 1. The van der Waals surface area contributed by atoms with E-state index in [1.54, 1.807) is 25.3 Å². The van der Waals surface area contributed by atoms with Gasteiger partial charge in [-0.2, -0.15) is 4.98 Å². The molecule has 3 rings (SSSR count). The second-order valence-electron chi connectivity index (χ2n) is 4.32. The van der Waals surface area contributed by atoms with E-state index in [1.165, 1.54) is 0 Å². The van der Waals surface area contributed by atoms with Gasteiger partial charge in [0.1, 0.15) is 11.5 Å². The van der Waals surface area contributed by atoms with Gasteiger partial charge in [-0.25, -0.2) is 0 Å². The van der Waals surface area contributed by atoms with Crippen molar-refractivity contribution >= 4 is 15.9 Å². The van der Waals surface area contributed by atoms with E-state index in [0.29, 0.717) is 21.8 Å². The van der Waals surface area contributed by atoms with E-state index >= 15 is 0 Å². The Labute approximate surface area is 129 Å². The van der Waals surface area contributed by atoms with Crippen LogP contribution in [-0.4, -0.2) is 22.4 Å². The molecule has 0 saturated carbocycles. The number of aromatic hydroxyl groups is 1. The molecule has 0 amide bonds. The van der Waals surface area contributed by atoms with Crippen molar-refractivity contribution in [1.29, 1.82) is 0 Å². The number of phenolic OH excluding ortho intramolecular Hbond substituents is 1. The van der Waals surface area contributed by atoms with Gasteiger partial charge in [-0.15, -0.1) is 0 Å². The molecule has 1 aromatic heterocycles. The lowest BCUT2D eigenvalue weighted by Gasteiger charge is -1.99. The van der Waals surface area contributed by atoms with Crippen LogP contribution in [0.25, 0.3) is 22.8 Å². The Bertz CT molecular complexity index is 769. The molecule has 0 unspecified atom stereocenters. The van der Waals surface area contributed by atoms with E-state index in [1.807, 2.05) is 24.3 Å². The Morgan fingerprint density at radius 3 is 2.48 bits per heavy atom. The number of benzene rings is 2. The molecular formula is C15H11BrN2O3. The first kappa shape index (κ1) is 13.6. The molecule has 1 heterocycles. The first-order valence-electron chi connectivity index (χ1n) is 6.14. The molecule has 106 valence electrons. The third kappa shape index (κ3) is 2.75. The van der Waals surface area contributed by atoms with Gasteiger partial charge in [-0.1, -0.05) is 5.16 Å². The number of hydrogen-bond donors (Lipinski definition) is 1. The van der Waals surface area contributed by atoms with Crippen molar-refractivity contribution < 1.29 is 14.4 Å². The maximum Gasteiger partial charge on any atom is 0.258 e. The van der Waals surface area contributed by atoms with Gasteiger partial charge in [0.2, 0.25) is 5.82 Å². The topological polar surface area (TPSA) is 68.4 Å². The van der Waals surface area contributed by atoms with Crippen LogP contribution in [0, 0.1) is 0 Å². The van der Waals surface area contributed by atoms with Crippen molar-refractivity contribution in [2.75, 3.05) is 7.11 Å². The van der Waals surface area contributed by atoms with E-state index in [4.69, 9.17) is 9.26 Å². The lowest BCUT2D eigenvalue weighted by atomic mass is 10.2. The molecule has 0 saturated heterocycles. The third-order valence-corrected chi connectivity index (χ3v) is 3.64. The molecule has 0 aliphatic carbocycles. The minimum absolute atomic E-state index is 0.122. The molecule has 0 spiro atoms. The number of nitrogens with zero attached hydrogens (tertiary/aromatic N) is 2. The van der Waals surface area contributed by atoms with Gasteiger partial charge >= 0.3 is 0 Å². The number of hydrogen-bond acceptors (Lipinski definition) is 5. The molecule has 2 aromatic carbocycles. The summed E-state index contributed by atoms with van der Waals surface area (Å²) in [7, 11) is 1.61. The average Bonchev–Trinajstić information content (AvgIpc) is 3.00. The summed E-state index contributed by atoms with van der Waals surface area (Å²) in [6, 6.07) is 12.4. The molecule has 21 heavy (non-hydrogen) atoms. The fourth-order valence-corrected chi connectivity index (χ4v) is 2.09. The average molecular weight is 347 g/mol. The highest BCUT2D eigenvalue weighted by molar-refractivity contribution is 9.10. The van der Waals surface area contributed by atoms with Crippen molar-refractivity contribution in [1.82, 2.24) is 10.1 Å². The van der Waals surface area contributed by atoms with Crippen molar-refractivity contribution in [3.8, 4) is 34.3 Å². The molecule has 1 N–H and O–H groups in total. The number of phenols is 1. The van der Waals surface area contributed by atoms with Gasteiger partial charge in [0.25, 0.3) is 5.89 Å². The summed E-state index contributed by atoms with van der Waals surface area (Å²) in [5.74, 6) is 1.72. The second-order valence-corrected chi connectivity index (χ2v) is 5.17. The lowest BCUT2D eigenvalue weighted by molar-refractivity contribution is 0.415. The van der Waals surface area contributed by atoms with Crippen LogP contribution in [0.4, 0.5) is 0 Å². The van der Waals surface area contributed by atoms with Crippen molar-refractivity contribution in [2.45, 2.75) is 0 Å². The maximum absolute atomic E-state index is 9.69. The van der Waals surface area contributed by atoms with Gasteiger partial charge in [-0.3, -0.25) is 0 Å². The Balaban J connectivity index is 1.93. The standard InChI is InChI=1S/C15H11BrN2O3/c1-20-11-5-2-9(3-6-11)14-17-15(21-18-14)10-4-7-12(16)13(19)8-10/h2-8,19H,1H3. The van der Waals surface area contributed by atoms with Crippen LogP contribution in [0.1, 0.15) is 0 Å². The molecule has 0 aliphatic heterocycles. The van der Waals surface area contributed by atoms with Crippen LogP contribution in [-0.2, 0) is 0 Å². The molecule has 0 radical (unpaired) electrons. The molecule has 3 aromatic rings. The molecule has 6 heteroatoms. The van der Waals surface area contributed by atoms with Crippen LogP contribution in [0.3, 0.4) is 0 Å². The van der Waals surface area contributed by atoms with Crippen molar-refractivity contribution in [2.24, 2.45) is 0 Å². The summed E-state index contributed by atoms with van der Waals surface area (Å²) in [6.07, 6.45) is 0. The first-order valence-corrected chi connectivity index (χ1v) is 6.93. The number of rotatable bonds is 3. The monoisotopic (exact) mass is 346 g/mol. The SMILES string of the molecule is COc1ccc(-c2noc(-c3ccc(Br)c(O)c3)n2)cc1. The summed E-state index contributed by atoms with van der Waals surface area (Å²) in [6.45, 7) is 0. The summed E-state index contributed by atoms with van der Waals surface area (Å²) < 4.78 is 11.0. The van der Waals surface area contributed by atoms with E-state index in [-0.39, 0.29) is 5.75 Å². The quantitative estimate of drug-likeness (QED) is 0.779. The minimum atomic E-state index is 0.122. The zero-order chi connectivity index (χ0) is 14.8. The lowest BCUT2D eigenvalue weighted by Crippen LogP contribution is -1.84. The Kier molecular flexibility index (Phi) is 3.62. The van der Waals surface area contributed by atoms with Crippen LogP contribution >= 0.6 is 15.9 Å². The zero-order valence-electron chi connectivity index (χ0n) is 11.1. The predicted molar refractivity (Wildman–Crippen MR) is 81.1 cm³/mol. The highest BCUT2D eigenvalue weighted by Gasteiger charge is 2.12. The Morgan fingerprint density at radius 2 is 1.81 bits per heavy atom. The van der Waals surface area contributed by atoms with Gasteiger partial charge in [0.05, 0.1) is 11.6 Å². The molecule has 0 atom stereocenters. The van der Waals surface area contributed by atoms with Gasteiger partial charge in [-0.05, 0) is 58.4 Å². The predicted octanol–water partition coefficient (Wildman–Crippen LogP) is 3.88. The summed E-state index contributed by atoms with van der Waals surface area (Å²) >= 11 is 3.23. The number of aromatic nitrogens is 2. The van der Waals surface area contributed by atoms with Crippen LogP contribution < -0.4 is 4.74 Å². The first-order chi connectivity index (χ1) is 10.2. The van der Waals surface area contributed by atoms with Crippen molar-refractivity contribution in [3.05, 3.63) is 46.9 Å². The maximum atomic E-state index is 9.69. The van der Waals surface area contributed by atoms with E-state index in [9.17, 15) is 5.11 Å². The van der Waals surface area contributed by atoms with Gasteiger partial charge in [0.15, 0.2) is 0 Å². The van der Waals surface area contributed by atoms with E-state index < -0.39 is 0 Å². The van der Waals surface area contributed by atoms with Crippen molar-refractivity contribution in [3.63, 3.8) is 0 Å². The van der Waals surface area contributed by atoms with Crippen LogP contribution in [0.15, 0.2) is 51.5 Å². The normalized spacial score (nSPS) is 10.6. The molecule has 0 aliphatic rings. The smallest absolute Gasteiger partial charge is 0.258 e. The van der Waals surface area contributed by atoms with E-state index in [2.05, 4.69) is 26.1 Å². The molecule has 5 nitrogen and oxygen atoms in total. The highest BCUT2D eigenvalue weighted by atomic mass is 79.9.